The van der Waals surface area contributed by atoms with Crippen molar-refractivity contribution in [2.45, 2.75) is 51.5 Å². The Morgan fingerprint density at radius 1 is 1.20 bits per heavy atom. The maximum absolute atomic E-state index is 12.8. The van der Waals surface area contributed by atoms with Crippen LogP contribution in [0.4, 0.5) is 5.69 Å². The first-order chi connectivity index (χ1) is 11.2. The van der Waals surface area contributed by atoms with Gasteiger partial charge >= 0.3 is 0 Å². The van der Waals surface area contributed by atoms with Crippen molar-refractivity contribution < 1.29 is 13.2 Å². The number of halogens is 1. The van der Waals surface area contributed by atoms with Gasteiger partial charge in [0.05, 0.1) is 4.90 Å². The number of carbonyl (C=O) groups excluding carboxylic acids is 1. The molecule has 0 saturated carbocycles. The Hall–Kier alpha value is -1.15. The van der Waals surface area contributed by atoms with Gasteiger partial charge in [-0.3, -0.25) is 4.79 Å². The van der Waals surface area contributed by atoms with Crippen LogP contribution in [0.5, 0.6) is 0 Å². The van der Waals surface area contributed by atoms with E-state index in [1.807, 2.05) is 6.92 Å². The fourth-order valence-electron chi connectivity index (χ4n) is 3.15. The van der Waals surface area contributed by atoms with Gasteiger partial charge in [-0.1, -0.05) is 0 Å². The van der Waals surface area contributed by atoms with Crippen molar-refractivity contribution in [1.82, 2.24) is 10.0 Å². The Morgan fingerprint density at radius 3 is 2.36 bits per heavy atom. The summed E-state index contributed by atoms with van der Waals surface area (Å²) in [6.07, 6.45) is 1.95. The number of aryl methyl sites for hydroxylation is 2. The fraction of sp³-hybridized carbons (Fsp3) is 0.588. The lowest BCUT2D eigenvalue weighted by Gasteiger charge is -2.29. The van der Waals surface area contributed by atoms with Crippen molar-refractivity contribution in [3.05, 3.63) is 23.3 Å². The van der Waals surface area contributed by atoms with E-state index in [1.54, 1.807) is 26.0 Å². The Balaban J connectivity index is 0.00000312. The topological polar surface area (TPSA) is 87.3 Å². The number of carbonyl (C=O) groups is 1. The molecule has 1 amide bonds. The zero-order valence-electron chi connectivity index (χ0n) is 15.2. The molecule has 8 heteroatoms. The first-order valence-corrected chi connectivity index (χ1v) is 9.81. The standard InChI is InChI=1S/C17H27N3O3S.ClH/c1-11-10-17(12(2)9-16(11)19-14(4)21)24(22,23)20-13(3)15-5-7-18-8-6-15;/h9-10,13,15,18,20H,5-8H2,1-4H3,(H,19,21);1H/t13-;/m1./s1. The van der Waals surface area contributed by atoms with Crippen LogP contribution in [0.2, 0.25) is 0 Å². The molecule has 0 radical (unpaired) electrons. The summed E-state index contributed by atoms with van der Waals surface area (Å²) in [6.45, 7) is 8.76. The van der Waals surface area contributed by atoms with Crippen molar-refractivity contribution >= 4 is 34.0 Å². The molecule has 25 heavy (non-hydrogen) atoms. The second kappa shape index (κ2) is 8.98. The van der Waals surface area contributed by atoms with E-state index in [9.17, 15) is 13.2 Å². The lowest BCUT2D eigenvalue weighted by atomic mass is 9.92. The molecule has 1 aliphatic rings. The van der Waals surface area contributed by atoms with Crippen molar-refractivity contribution in [3.8, 4) is 0 Å². The molecule has 1 fully saturated rings. The molecular weight excluding hydrogens is 362 g/mol. The molecule has 3 N–H and O–H groups in total. The van der Waals surface area contributed by atoms with Crippen LogP contribution in [0.25, 0.3) is 0 Å². The first kappa shape index (κ1) is 21.9. The van der Waals surface area contributed by atoms with E-state index >= 15 is 0 Å². The third-order valence-electron chi connectivity index (χ3n) is 4.55. The van der Waals surface area contributed by atoms with E-state index in [1.165, 1.54) is 6.92 Å². The van der Waals surface area contributed by atoms with Gasteiger partial charge in [0.2, 0.25) is 15.9 Å². The van der Waals surface area contributed by atoms with E-state index in [2.05, 4.69) is 15.4 Å². The second-order valence-corrected chi connectivity index (χ2v) is 8.29. The van der Waals surface area contributed by atoms with Crippen LogP contribution in [0.3, 0.4) is 0 Å². The lowest BCUT2D eigenvalue weighted by molar-refractivity contribution is -0.114. The van der Waals surface area contributed by atoms with E-state index in [-0.39, 0.29) is 29.3 Å². The van der Waals surface area contributed by atoms with E-state index in [0.717, 1.165) is 31.5 Å². The van der Waals surface area contributed by atoms with Crippen LogP contribution < -0.4 is 15.4 Å². The maximum atomic E-state index is 12.8. The first-order valence-electron chi connectivity index (χ1n) is 8.32. The minimum absolute atomic E-state index is 0. The third-order valence-corrected chi connectivity index (χ3v) is 6.26. The molecule has 0 spiro atoms. The minimum atomic E-state index is -3.59. The number of sulfonamides is 1. The molecule has 0 aliphatic carbocycles. The minimum Gasteiger partial charge on any atom is -0.326 e. The molecule has 1 aliphatic heterocycles. The normalized spacial score (nSPS) is 16.8. The van der Waals surface area contributed by atoms with Crippen LogP contribution >= 0.6 is 12.4 Å². The SMILES string of the molecule is CC(=O)Nc1cc(C)c(S(=O)(=O)N[C@H](C)C2CCNCC2)cc1C.Cl. The zero-order chi connectivity index (χ0) is 17.9. The second-order valence-electron chi connectivity index (χ2n) is 6.61. The number of hydrogen-bond acceptors (Lipinski definition) is 4. The quantitative estimate of drug-likeness (QED) is 0.721. The van der Waals surface area contributed by atoms with Crippen molar-refractivity contribution in [2.24, 2.45) is 5.92 Å². The van der Waals surface area contributed by atoms with E-state index < -0.39 is 10.0 Å². The Labute approximate surface area is 156 Å². The molecule has 1 atom stereocenters. The molecule has 0 bridgehead atoms. The van der Waals surface area contributed by atoms with Crippen LogP contribution in [0.1, 0.15) is 37.8 Å². The molecule has 1 heterocycles. The van der Waals surface area contributed by atoms with Gasteiger partial charge in [0.25, 0.3) is 0 Å². The lowest BCUT2D eigenvalue weighted by Crippen LogP contribution is -2.42. The monoisotopic (exact) mass is 389 g/mol. The highest BCUT2D eigenvalue weighted by atomic mass is 35.5. The van der Waals surface area contributed by atoms with Crippen LogP contribution in [0, 0.1) is 19.8 Å². The fourth-order valence-corrected chi connectivity index (χ4v) is 4.78. The molecule has 1 aromatic rings. The highest BCUT2D eigenvalue weighted by molar-refractivity contribution is 7.89. The predicted molar refractivity (Wildman–Crippen MR) is 103 cm³/mol. The molecule has 0 unspecified atom stereocenters. The summed E-state index contributed by atoms with van der Waals surface area (Å²) in [7, 11) is -3.59. The average Bonchev–Trinajstić information content (AvgIpc) is 2.50. The van der Waals surface area contributed by atoms with Crippen molar-refractivity contribution in [1.29, 1.82) is 0 Å². The van der Waals surface area contributed by atoms with Crippen LogP contribution in [-0.4, -0.2) is 33.5 Å². The number of piperidine rings is 1. The van der Waals surface area contributed by atoms with Crippen molar-refractivity contribution in [2.75, 3.05) is 18.4 Å². The molecule has 2 rings (SSSR count). The summed E-state index contributed by atoms with van der Waals surface area (Å²) in [6, 6.07) is 3.23. The summed E-state index contributed by atoms with van der Waals surface area (Å²) in [5.74, 6) is 0.173. The van der Waals surface area contributed by atoms with Gasteiger partial charge in [-0.25, -0.2) is 13.1 Å². The molecule has 6 nitrogen and oxygen atoms in total. The summed E-state index contributed by atoms with van der Waals surface area (Å²) < 4.78 is 28.4. The van der Waals surface area contributed by atoms with Gasteiger partial charge in [-0.05, 0) is 75.9 Å². The Bertz CT molecular complexity index is 716. The Morgan fingerprint density at radius 2 is 1.80 bits per heavy atom. The van der Waals surface area contributed by atoms with E-state index in [4.69, 9.17) is 0 Å². The summed E-state index contributed by atoms with van der Waals surface area (Å²) in [4.78, 5) is 11.5. The van der Waals surface area contributed by atoms with Gasteiger partial charge in [-0.2, -0.15) is 0 Å². The van der Waals surface area contributed by atoms with Crippen molar-refractivity contribution in [3.63, 3.8) is 0 Å². The highest BCUT2D eigenvalue weighted by Gasteiger charge is 2.26. The maximum Gasteiger partial charge on any atom is 0.241 e. The molecule has 1 aromatic carbocycles. The molecule has 1 saturated heterocycles. The summed E-state index contributed by atoms with van der Waals surface area (Å²) >= 11 is 0. The third kappa shape index (κ3) is 5.67. The van der Waals surface area contributed by atoms with Gasteiger partial charge in [0.15, 0.2) is 0 Å². The summed E-state index contributed by atoms with van der Waals surface area (Å²) in [5, 5.41) is 6.01. The van der Waals surface area contributed by atoms with E-state index in [0.29, 0.717) is 17.2 Å². The Kier molecular flexibility index (Phi) is 7.87. The van der Waals surface area contributed by atoms with Crippen LogP contribution in [-0.2, 0) is 14.8 Å². The van der Waals surface area contributed by atoms with Gasteiger partial charge in [0.1, 0.15) is 0 Å². The van der Waals surface area contributed by atoms with Gasteiger partial charge in [0, 0.05) is 18.7 Å². The smallest absolute Gasteiger partial charge is 0.241 e. The summed E-state index contributed by atoms with van der Waals surface area (Å²) in [5.41, 5.74) is 1.99. The van der Waals surface area contributed by atoms with Gasteiger partial charge in [-0.15, -0.1) is 12.4 Å². The van der Waals surface area contributed by atoms with Gasteiger partial charge < -0.3 is 10.6 Å². The number of amides is 1. The highest BCUT2D eigenvalue weighted by Crippen LogP contribution is 2.25. The zero-order valence-corrected chi connectivity index (χ0v) is 16.8. The number of hydrogen-bond donors (Lipinski definition) is 3. The number of rotatable bonds is 5. The number of anilines is 1. The number of benzene rings is 1. The molecule has 142 valence electrons. The number of nitrogens with one attached hydrogen (secondary N) is 3. The molecule has 0 aromatic heterocycles. The predicted octanol–water partition coefficient (Wildman–Crippen LogP) is 2.35. The molecular formula is C17H28ClN3O3S. The van der Waals surface area contributed by atoms with Crippen LogP contribution in [0.15, 0.2) is 17.0 Å². The largest absolute Gasteiger partial charge is 0.326 e. The average molecular weight is 390 g/mol.